The topological polar surface area (TPSA) is 20.2 Å². The Hall–Kier alpha value is -1.57. The molecule has 0 heterocycles. The van der Waals surface area contributed by atoms with E-state index in [-0.39, 0.29) is 0 Å². The van der Waals surface area contributed by atoms with Gasteiger partial charge in [0.15, 0.2) is 0 Å². The maximum Gasteiger partial charge on any atom is 0.123 e. The van der Waals surface area contributed by atoms with Crippen LogP contribution in [-0.2, 0) is 0 Å². The lowest BCUT2D eigenvalue weighted by Gasteiger charge is -1.97. The minimum Gasteiger partial charge on any atom is -0.507 e. The van der Waals surface area contributed by atoms with E-state index in [0.717, 1.165) is 10.8 Å². The highest BCUT2D eigenvalue weighted by Crippen LogP contribution is 2.22. The van der Waals surface area contributed by atoms with E-state index in [9.17, 15) is 9.50 Å². The molecule has 0 unspecified atom stereocenters. The Morgan fingerprint density at radius 1 is 0.923 bits per heavy atom. The highest BCUT2D eigenvalue weighted by molar-refractivity contribution is 5.87. The van der Waals surface area contributed by atoms with Crippen molar-refractivity contribution in [1.82, 2.24) is 0 Å². The second-order valence-corrected chi connectivity index (χ2v) is 2.50. The average molecular weight is 178 g/mol. The van der Waals surface area contributed by atoms with Gasteiger partial charge < -0.3 is 5.11 Å². The van der Waals surface area contributed by atoms with Crippen LogP contribution in [0.5, 0.6) is 5.75 Å². The molecule has 2 aromatic carbocycles. The van der Waals surface area contributed by atoms with Gasteiger partial charge in [-0.2, -0.15) is 0 Å². The number of alkyl halides is 1. The Bertz CT molecular complexity index is 379. The van der Waals surface area contributed by atoms with Crippen LogP contribution in [0.25, 0.3) is 10.8 Å². The first kappa shape index (κ1) is 9.52. The summed E-state index contributed by atoms with van der Waals surface area (Å²) < 4.78 is 9.50. The fourth-order valence-corrected chi connectivity index (χ4v) is 1.21. The second-order valence-electron chi connectivity index (χ2n) is 2.50. The quantitative estimate of drug-likeness (QED) is 0.657. The van der Waals surface area contributed by atoms with Crippen molar-refractivity contribution in [3.05, 3.63) is 42.5 Å². The van der Waals surface area contributed by atoms with Crippen LogP contribution in [-0.4, -0.2) is 12.3 Å². The van der Waals surface area contributed by atoms with E-state index < -0.39 is 0 Å². The summed E-state index contributed by atoms with van der Waals surface area (Å²) in [6.45, 7) is 0. The fraction of sp³-hybridized carbons (Fsp3) is 0.0909. The smallest absolute Gasteiger partial charge is 0.123 e. The van der Waals surface area contributed by atoms with Crippen molar-refractivity contribution in [3.8, 4) is 5.75 Å². The van der Waals surface area contributed by atoms with Gasteiger partial charge in [-0.25, -0.2) is 0 Å². The molecule has 0 atom stereocenters. The molecule has 1 nitrogen and oxygen atoms in total. The van der Waals surface area contributed by atoms with Gasteiger partial charge in [0, 0.05) is 5.39 Å². The summed E-state index contributed by atoms with van der Waals surface area (Å²) in [5.41, 5.74) is 0. The molecular weight excluding hydrogens is 167 g/mol. The number of hydrogen-bond acceptors (Lipinski definition) is 1. The maximum atomic E-state index is 9.50. The van der Waals surface area contributed by atoms with Gasteiger partial charge in [0.05, 0.1) is 7.18 Å². The highest BCUT2D eigenvalue weighted by Gasteiger charge is 1.94. The molecule has 0 saturated carbocycles. The van der Waals surface area contributed by atoms with Gasteiger partial charge in [-0.15, -0.1) is 0 Å². The summed E-state index contributed by atoms with van der Waals surface area (Å²) in [6, 6.07) is 13.3. The zero-order chi connectivity index (χ0) is 9.68. The molecular formula is C11H11FO. The highest BCUT2D eigenvalue weighted by atomic mass is 19.1. The van der Waals surface area contributed by atoms with Crippen LogP contribution in [0, 0.1) is 0 Å². The molecule has 0 spiro atoms. The molecule has 1 N–H and O–H groups in total. The first-order valence-electron chi connectivity index (χ1n) is 3.92. The van der Waals surface area contributed by atoms with E-state index in [1.54, 1.807) is 6.07 Å². The van der Waals surface area contributed by atoms with Crippen LogP contribution in [0.3, 0.4) is 0 Å². The molecule has 0 aliphatic heterocycles. The van der Waals surface area contributed by atoms with Crippen LogP contribution >= 0.6 is 0 Å². The third-order valence-corrected chi connectivity index (χ3v) is 1.77. The van der Waals surface area contributed by atoms with Crippen molar-refractivity contribution >= 4 is 10.8 Å². The molecule has 68 valence electrons. The first-order chi connectivity index (χ1) is 6.38. The standard InChI is InChI=1S/C10H8O.CH3F/c11-10-7-3-5-8-4-1-2-6-9(8)10;1-2/h1-7,11H;1H3. The van der Waals surface area contributed by atoms with Crippen LogP contribution in [0.2, 0.25) is 0 Å². The predicted molar refractivity (Wildman–Crippen MR) is 52.6 cm³/mol. The molecule has 0 aromatic heterocycles. The van der Waals surface area contributed by atoms with Gasteiger partial charge in [0.2, 0.25) is 0 Å². The number of benzene rings is 2. The molecule has 2 heteroatoms. The van der Waals surface area contributed by atoms with Crippen molar-refractivity contribution < 1.29 is 9.50 Å². The monoisotopic (exact) mass is 178 g/mol. The SMILES string of the molecule is CF.Oc1cccc2ccccc12. The summed E-state index contributed by atoms with van der Waals surface area (Å²) in [6.07, 6.45) is 0. The lowest BCUT2D eigenvalue weighted by molar-refractivity contribution is 0.481. The van der Waals surface area contributed by atoms with Gasteiger partial charge >= 0.3 is 0 Å². The van der Waals surface area contributed by atoms with Crippen molar-refractivity contribution in [3.63, 3.8) is 0 Å². The Labute approximate surface area is 76.4 Å². The van der Waals surface area contributed by atoms with Crippen molar-refractivity contribution in [2.75, 3.05) is 7.18 Å². The third-order valence-electron chi connectivity index (χ3n) is 1.77. The molecule has 0 aliphatic rings. The predicted octanol–water partition coefficient (Wildman–Crippen LogP) is 3.13. The summed E-state index contributed by atoms with van der Waals surface area (Å²) in [4.78, 5) is 0. The summed E-state index contributed by atoms with van der Waals surface area (Å²) >= 11 is 0. The fourth-order valence-electron chi connectivity index (χ4n) is 1.21. The third kappa shape index (κ3) is 1.96. The molecule has 13 heavy (non-hydrogen) atoms. The molecule has 0 bridgehead atoms. The van der Waals surface area contributed by atoms with Crippen molar-refractivity contribution in [2.24, 2.45) is 0 Å². The Morgan fingerprint density at radius 3 is 2.23 bits per heavy atom. The van der Waals surface area contributed by atoms with Gasteiger partial charge in [-0.3, -0.25) is 4.39 Å². The molecule has 0 saturated heterocycles. The lowest BCUT2D eigenvalue weighted by Crippen LogP contribution is -1.70. The number of aromatic hydroxyl groups is 1. The van der Waals surface area contributed by atoms with Gasteiger partial charge in [0.1, 0.15) is 5.75 Å². The van der Waals surface area contributed by atoms with E-state index >= 15 is 0 Å². The molecule has 2 rings (SSSR count). The Balaban J connectivity index is 0.000000396. The van der Waals surface area contributed by atoms with E-state index in [2.05, 4.69) is 0 Å². The molecule has 0 amide bonds. The van der Waals surface area contributed by atoms with E-state index in [1.807, 2.05) is 36.4 Å². The van der Waals surface area contributed by atoms with Crippen LogP contribution < -0.4 is 0 Å². The summed E-state index contributed by atoms with van der Waals surface area (Å²) in [7, 11) is 0.500. The van der Waals surface area contributed by atoms with Crippen LogP contribution in [0.15, 0.2) is 42.5 Å². The van der Waals surface area contributed by atoms with Crippen LogP contribution in [0.1, 0.15) is 0 Å². The molecule has 0 fully saturated rings. The van der Waals surface area contributed by atoms with E-state index in [1.165, 1.54) is 0 Å². The second kappa shape index (κ2) is 4.45. The van der Waals surface area contributed by atoms with Crippen molar-refractivity contribution in [1.29, 1.82) is 0 Å². The summed E-state index contributed by atoms with van der Waals surface area (Å²) in [5, 5.41) is 11.4. The minimum atomic E-state index is 0.350. The number of rotatable bonds is 0. The molecule has 0 radical (unpaired) electrons. The zero-order valence-corrected chi connectivity index (χ0v) is 7.37. The number of halogens is 1. The summed E-state index contributed by atoms with van der Waals surface area (Å²) in [5.74, 6) is 0.350. The zero-order valence-electron chi connectivity index (χ0n) is 7.37. The normalized spacial score (nSPS) is 9.08. The number of phenols is 1. The van der Waals surface area contributed by atoms with Gasteiger partial charge in [0.25, 0.3) is 0 Å². The van der Waals surface area contributed by atoms with Crippen LogP contribution in [0.4, 0.5) is 4.39 Å². The van der Waals surface area contributed by atoms with Crippen molar-refractivity contribution in [2.45, 2.75) is 0 Å². The van der Waals surface area contributed by atoms with E-state index in [0.29, 0.717) is 12.9 Å². The lowest BCUT2D eigenvalue weighted by atomic mass is 10.1. The molecule has 0 aliphatic carbocycles. The van der Waals surface area contributed by atoms with E-state index in [4.69, 9.17) is 0 Å². The Morgan fingerprint density at radius 2 is 1.54 bits per heavy atom. The molecule has 2 aromatic rings. The minimum absolute atomic E-state index is 0.350. The van der Waals surface area contributed by atoms with Gasteiger partial charge in [-0.05, 0) is 11.5 Å². The number of phenolic OH excluding ortho intramolecular Hbond substituents is 1. The number of fused-ring (bicyclic) bond motifs is 1. The number of hydrogen-bond donors (Lipinski definition) is 1. The van der Waals surface area contributed by atoms with Gasteiger partial charge in [-0.1, -0.05) is 36.4 Å². The average Bonchev–Trinajstić information content (AvgIpc) is 2.22. The first-order valence-corrected chi connectivity index (χ1v) is 3.92. The Kier molecular flexibility index (Phi) is 3.26. The largest absolute Gasteiger partial charge is 0.507 e. The maximum absolute atomic E-state index is 9.50.